The highest BCUT2D eigenvalue weighted by Crippen LogP contribution is 2.43. The summed E-state index contributed by atoms with van der Waals surface area (Å²) in [6.45, 7) is 0.00971. The maximum absolute atomic E-state index is 14.0. The van der Waals surface area contributed by atoms with Crippen molar-refractivity contribution in [2.24, 2.45) is 0 Å². The van der Waals surface area contributed by atoms with Gasteiger partial charge in [-0.15, -0.1) is 0 Å². The van der Waals surface area contributed by atoms with Gasteiger partial charge in [0, 0.05) is 0 Å². The van der Waals surface area contributed by atoms with Gasteiger partial charge in [-0.05, 0) is 63.5 Å². The lowest BCUT2D eigenvalue weighted by atomic mass is 9.90. The first-order valence-corrected chi connectivity index (χ1v) is 13.9. The minimum atomic E-state index is -0.865. The van der Waals surface area contributed by atoms with Gasteiger partial charge in [-0.25, -0.2) is 47.0 Å². The Labute approximate surface area is 244 Å². The van der Waals surface area contributed by atoms with Crippen molar-refractivity contribution in [1.29, 1.82) is 0 Å². The maximum atomic E-state index is 14.0. The molecule has 2 atom stereocenters. The predicted octanol–water partition coefficient (Wildman–Crippen LogP) is 2.18. The Balaban J connectivity index is 1.51. The summed E-state index contributed by atoms with van der Waals surface area (Å²) >= 11 is 3.37. The van der Waals surface area contributed by atoms with Gasteiger partial charge in [0.15, 0.2) is 11.5 Å². The molecule has 13 heteroatoms. The molecule has 0 aliphatic carbocycles. The summed E-state index contributed by atoms with van der Waals surface area (Å²) in [5.74, 6) is 0.0365. The van der Waals surface area contributed by atoms with Crippen molar-refractivity contribution in [3.8, 4) is 22.9 Å². The molecule has 0 bridgehead atoms. The van der Waals surface area contributed by atoms with Gasteiger partial charge in [0.2, 0.25) is 0 Å². The molecule has 0 radical (unpaired) electrons. The zero-order valence-corrected chi connectivity index (χ0v) is 23.7. The number of nitrogens with zero attached hydrogens (tertiary/aromatic N) is 6. The molecule has 212 valence electrons. The van der Waals surface area contributed by atoms with Gasteiger partial charge in [0.1, 0.15) is 6.04 Å². The second-order valence-electron chi connectivity index (χ2n) is 10.0. The summed E-state index contributed by atoms with van der Waals surface area (Å²) in [6.07, 6.45) is 1.82. The topological polar surface area (TPSA) is 127 Å². The number of rotatable bonds is 4. The van der Waals surface area contributed by atoms with Crippen molar-refractivity contribution in [3.63, 3.8) is 0 Å². The fourth-order valence-corrected chi connectivity index (χ4v) is 6.42. The summed E-state index contributed by atoms with van der Waals surface area (Å²) in [5.41, 5.74) is -0.237. The van der Waals surface area contributed by atoms with Gasteiger partial charge >= 0.3 is 22.8 Å². The molecule has 0 unspecified atom stereocenters. The van der Waals surface area contributed by atoms with Crippen molar-refractivity contribution in [3.05, 3.63) is 136 Å². The van der Waals surface area contributed by atoms with E-state index in [-0.39, 0.29) is 24.6 Å². The molecule has 7 rings (SSSR count). The molecule has 3 aromatic carbocycles. The van der Waals surface area contributed by atoms with E-state index in [0.29, 0.717) is 27.0 Å². The van der Waals surface area contributed by atoms with Crippen LogP contribution in [0.25, 0.3) is 11.4 Å². The molecule has 42 heavy (non-hydrogen) atoms. The molecule has 0 saturated carbocycles. The molecule has 2 aliphatic heterocycles. The Hall–Kier alpha value is -5.04. The first-order chi connectivity index (χ1) is 20.3. The Morgan fingerprint density at radius 2 is 1.36 bits per heavy atom. The third-order valence-electron chi connectivity index (χ3n) is 7.82. The van der Waals surface area contributed by atoms with Crippen LogP contribution in [0.5, 0.6) is 11.5 Å². The number of fused-ring (bicyclic) bond motifs is 4. The van der Waals surface area contributed by atoms with E-state index < -0.39 is 34.8 Å². The molecule has 0 spiro atoms. The van der Waals surface area contributed by atoms with E-state index >= 15 is 0 Å². The largest absolute Gasteiger partial charge is 0.503 e. The van der Waals surface area contributed by atoms with Crippen molar-refractivity contribution in [2.45, 2.75) is 25.2 Å². The highest BCUT2D eigenvalue weighted by molar-refractivity contribution is 9.10. The fraction of sp³-hybridized carbons (Fsp3) is 0.172. The second-order valence-corrected chi connectivity index (χ2v) is 10.9. The summed E-state index contributed by atoms with van der Waals surface area (Å²) in [6, 6.07) is 18.8. The lowest BCUT2D eigenvalue weighted by Gasteiger charge is -2.37. The molecule has 0 saturated heterocycles. The average Bonchev–Trinajstić information content (AvgIpc) is 3.41. The van der Waals surface area contributed by atoms with Crippen LogP contribution in [0.2, 0.25) is 0 Å². The molecule has 0 amide bonds. The van der Waals surface area contributed by atoms with Crippen molar-refractivity contribution in [1.82, 2.24) is 27.9 Å². The highest BCUT2D eigenvalue weighted by atomic mass is 79.9. The third-order valence-corrected chi connectivity index (χ3v) is 8.42. The van der Waals surface area contributed by atoms with Crippen LogP contribution in [0.1, 0.15) is 17.6 Å². The van der Waals surface area contributed by atoms with Gasteiger partial charge in [0.25, 0.3) is 0 Å². The van der Waals surface area contributed by atoms with Gasteiger partial charge in [0.05, 0.1) is 42.1 Å². The number of aromatic hydroxyl groups is 1. The van der Waals surface area contributed by atoms with Crippen molar-refractivity contribution >= 4 is 15.9 Å². The number of allylic oxidation sites excluding steroid dienone is 2. The number of phenols is 1. The minimum Gasteiger partial charge on any atom is -0.503 e. The van der Waals surface area contributed by atoms with E-state index in [4.69, 9.17) is 4.74 Å². The van der Waals surface area contributed by atoms with E-state index in [1.165, 1.54) is 25.8 Å². The standard InChI is InChI=1S/C29H23BrN6O6/c1-42-23-15-17(14-21(30)25(23)37)24-20-12-13-31-26(38)33(18-8-4-2-5-9-18)28(40)35(31)22(20)16-32-27(39)34(29(41)36(24)32)19-10-6-3-7-11-19/h2-12,14-15,22,24,37H,13,16H2,1H3/t22-,24+/m1/s1. The van der Waals surface area contributed by atoms with Gasteiger partial charge < -0.3 is 9.84 Å². The lowest BCUT2D eigenvalue weighted by molar-refractivity contribution is 0.245. The number of hydrogen-bond acceptors (Lipinski definition) is 6. The third kappa shape index (κ3) is 3.59. The highest BCUT2D eigenvalue weighted by Gasteiger charge is 2.42. The Morgan fingerprint density at radius 3 is 1.95 bits per heavy atom. The molecule has 1 N–H and O–H groups in total. The first-order valence-electron chi connectivity index (χ1n) is 13.1. The summed E-state index contributed by atoms with van der Waals surface area (Å²) in [5, 5.41) is 10.5. The van der Waals surface area contributed by atoms with E-state index in [0.717, 1.165) is 9.13 Å². The molecule has 5 aromatic rings. The normalized spacial score (nSPS) is 17.2. The number of phenolic OH excluding ortho intramolecular Hbond substituents is 1. The Kier molecular flexibility index (Phi) is 5.87. The summed E-state index contributed by atoms with van der Waals surface area (Å²) in [7, 11) is 1.41. The van der Waals surface area contributed by atoms with Crippen LogP contribution in [-0.4, -0.2) is 40.1 Å². The van der Waals surface area contributed by atoms with Gasteiger partial charge in [-0.2, -0.15) is 0 Å². The minimum absolute atomic E-state index is 0.0647. The number of aromatic nitrogens is 6. The van der Waals surface area contributed by atoms with Crippen LogP contribution < -0.4 is 27.5 Å². The van der Waals surface area contributed by atoms with E-state index in [1.807, 2.05) is 6.08 Å². The van der Waals surface area contributed by atoms with Crippen LogP contribution in [0, 0.1) is 0 Å². The maximum Gasteiger partial charge on any atom is 0.352 e. The number of benzene rings is 3. The molecule has 4 heterocycles. The molecular weight excluding hydrogens is 608 g/mol. The molecule has 2 aliphatic rings. The van der Waals surface area contributed by atoms with Crippen molar-refractivity contribution < 1.29 is 9.84 Å². The van der Waals surface area contributed by atoms with Crippen LogP contribution >= 0.6 is 15.9 Å². The van der Waals surface area contributed by atoms with Crippen LogP contribution in [-0.2, 0) is 13.1 Å². The monoisotopic (exact) mass is 630 g/mol. The van der Waals surface area contributed by atoms with Gasteiger partial charge in [-0.1, -0.05) is 42.5 Å². The summed E-state index contributed by atoms with van der Waals surface area (Å²) < 4.78 is 13.3. The van der Waals surface area contributed by atoms with Gasteiger partial charge in [-0.3, -0.25) is 0 Å². The Bertz CT molecular complexity index is 2150. The average molecular weight is 631 g/mol. The molecular formula is C29H23BrN6O6. The van der Waals surface area contributed by atoms with Crippen LogP contribution in [0.4, 0.5) is 0 Å². The fourth-order valence-electron chi connectivity index (χ4n) is 5.96. The summed E-state index contributed by atoms with van der Waals surface area (Å²) in [4.78, 5) is 55.2. The lowest BCUT2D eigenvalue weighted by Crippen LogP contribution is -2.47. The van der Waals surface area contributed by atoms with Crippen LogP contribution in [0.15, 0.2) is 108 Å². The SMILES string of the molecule is COc1cc([C@H]2C3=CCn4c(=O)n(-c5ccccc5)c(=O)n4[C@@H]3Cn3c(=O)n(-c4ccccc4)c(=O)n32)cc(Br)c1O. The van der Waals surface area contributed by atoms with E-state index in [2.05, 4.69) is 15.9 Å². The number of halogens is 1. The van der Waals surface area contributed by atoms with Crippen LogP contribution in [0.3, 0.4) is 0 Å². The number of hydrogen-bond donors (Lipinski definition) is 1. The zero-order valence-electron chi connectivity index (χ0n) is 22.1. The quantitative estimate of drug-likeness (QED) is 0.303. The van der Waals surface area contributed by atoms with E-state index in [9.17, 15) is 24.3 Å². The molecule has 2 aromatic heterocycles. The predicted molar refractivity (Wildman–Crippen MR) is 156 cm³/mol. The second kappa shape index (κ2) is 9.52. The first kappa shape index (κ1) is 25.9. The Morgan fingerprint density at radius 1 is 0.786 bits per heavy atom. The molecule has 12 nitrogen and oxygen atoms in total. The number of para-hydroxylation sites is 2. The van der Waals surface area contributed by atoms with E-state index in [1.54, 1.807) is 72.8 Å². The van der Waals surface area contributed by atoms with Crippen molar-refractivity contribution in [2.75, 3.05) is 7.11 Å². The zero-order chi connectivity index (χ0) is 29.3. The number of ether oxygens (including phenoxy) is 1. The smallest absolute Gasteiger partial charge is 0.352 e. The molecule has 0 fully saturated rings. The number of methoxy groups -OCH3 is 1.